The number of allylic oxidation sites excluding steroid dienone is 1. The van der Waals surface area contributed by atoms with Crippen LogP contribution >= 0.6 is 11.3 Å². The van der Waals surface area contributed by atoms with Gasteiger partial charge in [0.05, 0.1) is 35.6 Å². The molecule has 0 bridgehead atoms. The van der Waals surface area contributed by atoms with E-state index in [0.717, 1.165) is 35.7 Å². The van der Waals surface area contributed by atoms with Gasteiger partial charge in [-0.25, -0.2) is 9.79 Å². The third-order valence-corrected chi connectivity index (χ3v) is 7.25. The highest BCUT2D eigenvalue weighted by Gasteiger charge is 2.33. The number of benzene rings is 2. The SMILES string of the molecule is CCOC(=O)C1=C(C)N=c2s/c(=C/c3ccc(OC)cc3)c(=O)n2[C@@H]1c1ccc(N(CC)CC)cc1. The third kappa shape index (κ3) is 4.86. The molecular weight excluding hydrogens is 474 g/mol. The van der Waals surface area contributed by atoms with Crippen molar-refractivity contribution in [1.82, 2.24) is 4.57 Å². The molecule has 0 N–H and O–H groups in total. The van der Waals surface area contributed by atoms with E-state index < -0.39 is 12.0 Å². The lowest BCUT2D eigenvalue weighted by Crippen LogP contribution is -2.40. The Kier molecular flexibility index (Phi) is 7.74. The Morgan fingerprint density at radius 2 is 1.75 bits per heavy atom. The van der Waals surface area contributed by atoms with E-state index in [2.05, 4.69) is 23.7 Å². The van der Waals surface area contributed by atoms with Crippen LogP contribution in [0.1, 0.15) is 44.9 Å². The number of hydrogen-bond donors (Lipinski definition) is 0. The Hall–Kier alpha value is -3.65. The molecule has 0 spiro atoms. The van der Waals surface area contributed by atoms with E-state index in [4.69, 9.17) is 9.47 Å². The van der Waals surface area contributed by atoms with Gasteiger partial charge < -0.3 is 14.4 Å². The van der Waals surface area contributed by atoms with E-state index in [0.29, 0.717) is 20.6 Å². The molecule has 1 aliphatic rings. The molecule has 4 rings (SSSR count). The van der Waals surface area contributed by atoms with E-state index in [1.54, 1.807) is 25.5 Å². The molecule has 1 atom stereocenters. The number of carbonyl (C=O) groups excluding carboxylic acids is 1. The van der Waals surface area contributed by atoms with Gasteiger partial charge in [0.25, 0.3) is 5.56 Å². The number of esters is 1. The summed E-state index contributed by atoms with van der Waals surface area (Å²) in [5.74, 6) is 0.289. The van der Waals surface area contributed by atoms with Crippen molar-refractivity contribution >= 4 is 29.1 Å². The quantitative estimate of drug-likeness (QED) is 0.437. The van der Waals surface area contributed by atoms with Crippen molar-refractivity contribution in [1.29, 1.82) is 0 Å². The van der Waals surface area contributed by atoms with E-state index in [1.165, 1.54) is 11.3 Å². The van der Waals surface area contributed by atoms with Crippen molar-refractivity contribution < 1.29 is 14.3 Å². The largest absolute Gasteiger partial charge is 0.497 e. The van der Waals surface area contributed by atoms with Gasteiger partial charge in [-0.15, -0.1) is 0 Å². The molecule has 0 radical (unpaired) electrons. The molecule has 0 aliphatic carbocycles. The summed E-state index contributed by atoms with van der Waals surface area (Å²) < 4.78 is 12.8. The first kappa shape index (κ1) is 25.4. The molecule has 0 amide bonds. The van der Waals surface area contributed by atoms with Crippen LogP contribution in [0.4, 0.5) is 5.69 Å². The highest BCUT2D eigenvalue weighted by atomic mass is 32.1. The van der Waals surface area contributed by atoms with Gasteiger partial charge in [0.1, 0.15) is 5.75 Å². The molecule has 3 aromatic rings. The van der Waals surface area contributed by atoms with Crippen molar-refractivity contribution in [2.75, 3.05) is 31.7 Å². The van der Waals surface area contributed by atoms with Crippen LogP contribution in [-0.4, -0.2) is 37.3 Å². The fourth-order valence-corrected chi connectivity index (χ4v) is 5.46. The zero-order chi connectivity index (χ0) is 25.8. The minimum atomic E-state index is -0.621. The number of anilines is 1. The molecule has 0 unspecified atom stereocenters. The molecular formula is C28H31N3O4S. The normalized spacial score (nSPS) is 15.4. The van der Waals surface area contributed by atoms with E-state index in [-0.39, 0.29) is 12.2 Å². The number of nitrogens with zero attached hydrogens (tertiary/aromatic N) is 3. The third-order valence-electron chi connectivity index (χ3n) is 6.27. The Morgan fingerprint density at radius 3 is 2.33 bits per heavy atom. The maximum absolute atomic E-state index is 13.7. The van der Waals surface area contributed by atoms with Crippen LogP contribution in [-0.2, 0) is 9.53 Å². The minimum absolute atomic E-state index is 0.193. The van der Waals surface area contributed by atoms with Crippen LogP contribution in [0.25, 0.3) is 6.08 Å². The number of carbonyl (C=O) groups is 1. The number of rotatable bonds is 8. The maximum Gasteiger partial charge on any atom is 0.338 e. The van der Waals surface area contributed by atoms with Crippen LogP contribution in [0.2, 0.25) is 0 Å². The molecule has 2 aromatic carbocycles. The van der Waals surface area contributed by atoms with Gasteiger partial charge in [-0.2, -0.15) is 0 Å². The van der Waals surface area contributed by atoms with Gasteiger partial charge in [0.15, 0.2) is 4.80 Å². The fourth-order valence-electron chi connectivity index (χ4n) is 4.41. The lowest BCUT2D eigenvalue weighted by molar-refractivity contribution is -0.139. The summed E-state index contributed by atoms with van der Waals surface area (Å²) in [6.45, 7) is 9.82. The smallest absolute Gasteiger partial charge is 0.338 e. The van der Waals surface area contributed by atoms with Gasteiger partial charge >= 0.3 is 5.97 Å². The second-order valence-electron chi connectivity index (χ2n) is 8.34. The molecule has 36 heavy (non-hydrogen) atoms. The lowest BCUT2D eigenvalue weighted by atomic mass is 9.95. The second kappa shape index (κ2) is 11.0. The second-order valence-corrected chi connectivity index (χ2v) is 9.35. The molecule has 0 saturated carbocycles. The van der Waals surface area contributed by atoms with Crippen LogP contribution in [0.15, 0.2) is 69.6 Å². The number of thiazole rings is 1. The Bertz CT molecular complexity index is 1450. The molecule has 188 valence electrons. The Morgan fingerprint density at radius 1 is 1.08 bits per heavy atom. The zero-order valence-electron chi connectivity index (χ0n) is 21.3. The topological polar surface area (TPSA) is 73.1 Å². The van der Waals surface area contributed by atoms with E-state index >= 15 is 0 Å². The first-order valence-corrected chi connectivity index (χ1v) is 12.9. The van der Waals surface area contributed by atoms with Crippen molar-refractivity contribution in [3.05, 3.63) is 90.6 Å². The van der Waals surface area contributed by atoms with Gasteiger partial charge in [0, 0.05) is 18.8 Å². The van der Waals surface area contributed by atoms with Gasteiger partial charge in [-0.3, -0.25) is 9.36 Å². The first-order chi connectivity index (χ1) is 17.4. The molecule has 1 aromatic heterocycles. The average molecular weight is 506 g/mol. The molecule has 7 nitrogen and oxygen atoms in total. The van der Waals surface area contributed by atoms with Crippen LogP contribution in [0.5, 0.6) is 5.75 Å². The van der Waals surface area contributed by atoms with Gasteiger partial charge in [0.2, 0.25) is 0 Å². The van der Waals surface area contributed by atoms with Crippen LogP contribution < -0.4 is 24.5 Å². The minimum Gasteiger partial charge on any atom is -0.497 e. The lowest BCUT2D eigenvalue weighted by Gasteiger charge is -2.26. The standard InChI is InChI=1S/C28H31N3O4S/c1-6-30(7-2)21-13-11-20(12-14-21)25-24(27(33)35-8-3)18(4)29-28-31(25)26(32)23(36-28)17-19-9-15-22(34-5)16-10-19/h9-17,25H,6-8H2,1-5H3/b23-17+/t25-/m1/s1. The molecule has 2 heterocycles. The maximum atomic E-state index is 13.7. The summed E-state index contributed by atoms with van der Waals surface area (Å²) in [5, 5.41) is 0. The van der Waals surface area contributed by atoms with Crippen molar-refractivity contribution in [3.63, 3.8) is 0 Å². The van der Waals surface area contributed by atoms with Crippen molar-refractivity contribution in [2.45, 2.75) is 33.7 Å². The number of fused-ring (bicyclic) bond motifs is 1. The summed E-state index contributed by atoms with van der Waals surface area (Å²) >= 11 is 1.31. The number of ether oxygens (including phenoxy) is 2. The van der Waals surface area contributed by atoms with Gasteiger partial charge in [-0.1, -0.05) is 35.6 Å². The van der Waals surface area contributed by atoms with Crippen LogP contribution in [0, 0.1) is 0 Å². The highest BCUT2D eigenvalue weighted by molar-refractivity contribution is 7.07. The van der Waals surface area contributed by atoms with Crippen molar-refractivity contribution in [2.24, 2.45) is 4.99 Å². The van der Waals surface area contributed by atoms with Gasteiger partial charge in [-0.05, 0) is 69.2 Å². The summed E-state index contributed by atoms with van der Waals surface area (Å²) in [4.78, 5) is 34.2. The summed E-state index contributed by atoms with van der Waals surface area (Å²) in [5.41, 5.74) is 3.55. The summed E-state index contributed by atoms with van der Waals surface area (Å²) in [6.07, 6.45) is 1.84. The highest BCUT2D eigenvalue weighted by Crippen LogP contribution is 2.31. The Labute approximate surface area is 214 Å². The van der Waals surface area contributed by atoms with E-state index in [1.807, 2.05) is 54.6 Å². The first-order valence-electron chi connectivity index (χ1n) is 12.1. The average Bonchev–Trinajstić information content (AvgIpc) is 3.19. The monoisotopic (exact) mass is 505 g/mol. The predicted octanol–water partition coefficient (Wildman–Crippen LogP) is 3.65. The molecule has 0 fully saturated rings. The number of aromatic nitrogens is 1. The van der Waals surface area contributed by atoms with Crippen LogP contribution in [0.3, 0.4) is 0 Å². The van der Waals surface area contributed by atoms with E-state index in [9.17, 15) is 9.59 Å². The predicted molar refractivity (Wildman–Crippen MR) is 143 cm³/mol. The number of hydrogen-bond acceptors (Lipinski definition) is 7. The Balaban J connectivity index is 1.87. The molecule has 0 saturated heterocycles. The summed E-state index contributed by atoms with van der Waals surface area (Å²) in [6, 6.07) is 14.9. The fraction of sp³-hybridized carbons (Fsp3) is 0.321. The molecule has 1 aliphatic heterocycles. The number of methoxy groups -OCH3 is 1. The summed E-state index contributed by atoms with van der Waals surface area (Å²) in [7, 11) is 1.62. The molecule has 8 heteroatoms. The zero-order valence-corrected chi connectivity index (χ0v) is 22.1. The van der Waals surface area contributed by atoms with Crippen molar-refractivity contribution in [3.8, 4) is 5.75 Å².